The van der Waals surface area contributed by atoms with Crippen molar-refractivity contribution < 1.29 is 19.4 Å². The SMILES string of the molecule is CCCOc1cccc(/C(O)=C2\C(=O)C(=O)N(c3cccc(Br)c3)C2c2ccncc2)c1. The lowest BCUT2D eigenvalue weighted by Gasteiger charge is -2.25. The highest BCUT2D eigenvalue weighted by Crippen LogP contribution is 2.42. The Morgan fingerprint density at radius 2 is 1.84 bits per heavy atom. The van der Waals surface area contributed by atoms with Crippen LogP contribution in [0, 0.1) is 0 Å². The minimum Gasteiger partial charge on any atom is -0.507 e. The highest BCUT2D eigenvalue weighted by Gasteiger charge is 2.47. The minimum absolute atomic E-state index is 0.0221. The number of hydrogen-bond donors (Lipinski definition) is 1. The molecule has 1 amide bonds. The van der Waals surface area contributed by atoms with Gasteiger partial charge in [0.15, 0.2) is 0 Å². The van der Waals surface area contributed by atoms with E-state index < -0.39 is 17.7 Å². The fourth-order valence-electron chi connectivity index (χ4n) is 3.69. The number of amides is 1. The van der Waals surface area contributed by atoms with Crippen LogP contribution in [0.5, 0.6) is 5.75 Å². The number of carbonyl (C=O) groups is 2. The Labute approximate surface area is 194 Å². The Morgan fingerprint density at radius 3 is 2.56 bits per heavy atom. The molecule has 2 heterocycles. The summed E-state index contributed by atoms with van der Waals surface area (Å²) in [5.74, 6) is -1.11. The summed E-state index contributed by atoms with van der Waals surface area (Å²) < 4.78 is 6.43. The molecule has 1 N–H and O–H groups in total. The zero-order valence-corrected chi connectivity index (χ0v) is 19.0. The molecule has 0 radical (unpaired) electrons. The van der Waals surface area contributed by atoms with Gasteiger partial charge in [0.2, 0.25) is 0 Å². The number of rotatable bonds is 6. The van der Waals surface area contributed by atoms with E-state index in [0.717, 1.165) is 10.9 Å². The molecule has 1 fully saturated rings. The van der Waals surface area contributed by atoms with Crippen LogP contribution in [0.25, 0.3) is 5.76 Å². The Kier molecular flexibility index (Phi) is 6.37. The lowest BCUT2D eigenvalue weighted by atomic mass is 9.95. The zero-order valence-electron chi connectivity index (χ0n) is 17.4. The third-order valence-electron chi connectivity index (χ3n) is 5.13. The largest absolute Gasteiger partial charge is 0.507 e. The fourth-order valence-corrected chi connectivity index (χ4v) is 4.08. The average molecular weight is 493 g/mol. The van der Waals surface area contributed by atoms with Crippen molar-refractivity contribution >= 4 is 39.1 Å². The van der Waals surface area contributed by atoms with Gasteiger partial charge < -0.3 is 9.84 Å². The number of aromatic nitrogens is 1. The molecule has 1 saturated heterocycles. The number of ether oxygens (including phenoxy) is 1. The molecular formula is C25H21BrN2O4. The van der Waals surface area contributed by atoms with Crippen LogP contribution in [0.15, 0.2) is 83.1 Å². The predicted octanol–water partition coefficient (Wildman–Crippen LogP) is 5.26. The number of anilines is 1. The van der Waals surface area contributed by atoms with E-state index in [2.05, 4.69) is 20.9 Å². The van der Waals surface area contributed by atoms with Crippen LogP contribution in [-0.2, 0) is 9.59 Å². The number of pyridine rings is 1. The van der Waals surface area contributed by atoms with Gasteiger partial charge in [-0.1, -0.05) is 41.1 Å². The van der Waals surface area contributed by atoms with E-state index in [9.17, 15) is 14.7 Å². The number of benzene rings is 2. The van der Waals surface area contributed by atoms with Crippen molar-refractivity contribution in [2.75, 3.05) is 11.5 Å². The third-order valence-corrected chi connectivity index (χ3v) is 5.63. The van der Waals surface area contributed by atoms with Gasteiger partial charge in [0.1, 0.15) is 11.5 Å². The van der Waals surface area contributed by atoms with Crippen molar-refractivity contribution in [1.82, 2.24) is 4.98 Å². The van der Waals surface area contributed by atoms with Crippen LogP contribution in [0.2, 0.25) is 0 Å². The summed E-state index contributed by atoms with van der Waals surface area (Å²) in [4.78, 5) is 31.7. The van der Waals surface area contributed by atoms with E-state index in [1.54, 1.807) is 67.0 Å². The van der Waals surface area contributed by atoms with Crippen molar-refractivity contribution in [1.29, 1.82) is 0 Å². The van der Waals surface area contributed by atoms with Crippen molar-refractivity contribution in [2.24, 2.45) is 0 Å². The lowest BCUT2D eigenvalue weighted by Crippen LogP contribution is -2.29. The lowest BCUT2D eigenvalue weighted by molar-refractivity contribution is -0.132. The van der Waals surface area contributed by atoms with E-state index in [4.69, 9.17) is 4.74 Å². The topological polar surface area (TPSA) is 79.7 Å². The first-order valence-corrected chi connectivity index (χ1v) is 11.0. The van der Waals surface area contributed by atoms with E-state index >= 15 is 0 Å². The summed E-state index contributed by atoms with van der Waals surface area (Å²) in [6, 6.07) is 16.7. The van der Waals surface area contributed by atoms with E-state index in [0.29, 0.717) is 29.2 Å². The number of aliphatic hydroxyl groups is 1. The number of aliphatic hydroxyl groups excluding tert-OH is 1. The smallest absolute Gasteiger partial charge is 0.300 e. The molecule has 162 valence electrons. The van der Waals surface area contributed by atoms with Crippen LogP contribution in [0.4, 0.5) is 5.69 Å². The molecule has 2 aromatic carbocycles. The van der Waals surface area contributed by atoms with Gasteiger partial charge in [-0.2, -0.15) is 0 Å². The molecule has 1 unspecified atom stereocenters. The maximum atomic E-state index is 13.2. The molecule has 4 rings (SSSR count). The molecule has 0 bridgehead atoms. The van der Waals surface area contributed by atoms with Crippen molar-refractivity contribution in [3.63, 3.8) is 0 Å². The first-order chi connectivity index (χ1) is 15.5. The molecule has 6 nitrogen and oxygen atoms in total. The highest BCUT2D eigenvalue weighted by molar-refractivity contribution is 9.10. The predicted molar refractivity (Wildman–Crippen MR) is 125 cm³/mol. The Balaban J connectivity index is 1.88. The molecule has 1 aliphatic heterocycles. The summed E-state index contributed by atoms with van der Waals surface area (Å²) in [5.41, 5.74) is 1.64. The molecule has 3 aromatic rings. The maximum Gasteiger partial charge on any atom is 0.300 e. The van der Waals surface area contributed by atoms with Gasteiger partial charge in [-0.3, -0.25) is 19.5 Å². The van der Waals surface area contributed by atoms with Gasteiger partial charge in [0.25, 0.3) is 11.7 Å². The van der Waals surface area contributed by atoms with E-state index in [-0.39, 0.29) is 11.3 Å². The van der Waals surface area contributed by atoms with E-state index in [1.165, 1.54) is 4.90 Å². The van der Waals surface area contributed by atoms with Crippen molar-refractivity contribution in [3.05, 3.63) is 94.2 Å². The Bertz CT molecular complexity index is 1190. The highest BCUT2D eigenvalue weighted by atomic mass is 79.9. The van der Waals surface area contributed by atoms with Gasteiger partial charge in [-0.05, 0) is 54.4 Å². The molecule has 1 atom stereocenters. The second kappa shape index (κ2) is 9.36. The Morgan fingerprint density at radius 1 is 1.09 bits per heavy atom. The summed E-state index contributed by atoms with van der Waals surface area (Å²) in [6.45, 7) is 2.54. The molecule has 1 aliphatic rings. The van der Waals surface area contributed by atoms with Gasteiger partial charge >= 0.3 is 0 Å². The van der Waals surface area contributed by atoms with Crippen LogP contribution in [0.1, 0.15) is 30.5 Å². The number of ketones is 1. The molecular weight excluding hydrogens is 472 g/mol. The van der Waals surface area contributed by atoms with Gasteiger partial charge in [-0.25, -0.2) is 0 Å². The fraction of sp³-hybridized carbons (Fsp3) is 0.160. The molecule has 0 spiro atoms. The molecule has 1 aromatic heterocycles. The minimum atomic E-state index is -0.799. The van der Waals surface area contributed by atoms with E-state index in [1.807, 2.05) is 13.0 Å². The normalized spacial score (nSPS) is 17.6. The summed E-state index contributed by atoms with van der Waals surface area (Å²) in [5, 5.41) is 11.2. The standard InChI is InChI=1S/C25H21BrN2O4/c1-2-13-32-20-8-3-5-17(14-20)23(29)21-22(16-9-11-27-12-10-16)28(25(31)24(21)30)19-7-4-6-18(26)15-19/h3-12,14-15,22,29H,2,13H2,1H3/b23-21+. The van der Waals surface area contributed by atoms with Crippen LogP contribution in [0.3, 0.4) is 0 Å². The van der Waals surface area contributed by atoms with Crippen LogP contribution < -0.4 is 9.64 Å². The average Bonchev–Trinajstić information content (AvgIpc) is 3.08. The number of nitrogens with zero attached hydrogens (tertiary/aromatic N) is 2. The maximum absolute atomic E-state index is 13.2. The Hall–Kier alpha value is -3.45. The van der Waals surface area contributed by atoms with Gasteiger partial charge in [0, 0.05) is 28.1 Å². The van der Waals surface area contributed by atoms with Crippen molar-refractivity contribution in [3.8, 4) is 5.75 Å². The second-order valence-electron chi connectivity index (χ2n) is 7.31. The van der Waals surface area contributed by atoms with Gasteiger partial charge in [0.05, 0.1) is 18.2 Å². The summed E-state index contributed by atoms with van der Waals surface area (Å²) in [6.07, 6.45) is 4.03. The molecule has 0 aliphatic carbocycles. The second-order valence-corrected chi connectivity index (χ2v) is 8.22. The third kappa shape index (κ3) is 4.16. The quantitative estimate of drug-likeness (QED) is 0.288. The first kappa shape index (κ1) is 21.8. The number of hydrogen-bond acceptors (Lipinski definition) is 5. The summed E-state index contributed by atoms with van der Waals surface area (Å²) in [7, 11) is 0. The summed E-state index contributed by atoms with van der Waals surface area (Å²) >= 11 is 3.42. The number of carbonyl (C=O) groups excluding carboxylic acids is 2. The molecule has 7 heteroatoms. The van der Waals surface area contributed by atoms with Crippen LogP contribution in [-0.4, -0.2) is 28.4 Å². The number of Topliss-reactive ketones (excluding diaryl/α,β-unsaturated/α-hetero) is 1. The monoisotopic (exact) mass is 492 g/mol. The molecule has 0 saturated carbocycles. The first-order valence-electron chi connectivity index (χ1n) is 10.2. The van der Waals surface area contributed by atoms with Gasteiger partial charge in [-0.15, -0.1) is 0 Å². The zero-order chi connectivity index (χ0) is 22.7. The van der Waals surface area contributed by atoms with Crippen LogP contribution >= 0.6 is 15.9 Å². The number of halogens is 1. The van der Waals surface area contributed by atoms with Crippen molar-refractivity contribution in [2.45, 2.75) is 19.4 Å². The molecule has 32 heavy (non-hydrogen) atoms.